The van der Waals surface area contributed by atoms with E-state index in [1.807, 2.05) is 28.8 Å². The third kappa shape index (κ3) is 3.32. The molecule has 0 aliphatic rings. The summed E-state index contributed by atoms with van der Waals surface area (Å²) in [7, 11) is 0. The standard InChI is InChI=1S/C18H19N3O3S/c1-4-24-17(23)15-11(2)16(20-12(15)3)14(22)10-25-18-19-9-13-7-5-6-8-21(13)18/h5-9,20H,4,10H2,1-3H3. The number of rotatable bonds is 6. The van der Waals surface area contributed by atoms with Gasteiger partial charge in [0.25, 0.3) is 0 Å². The number of carbonyl (C=O) groups is 2. The van der Waals surface area contributed by atoms with Crippen LogP contribution in [0.1, 0.15) is 39.0 Å². The van der Waals surface area contributed by atoms with E-state index in [9.17, 15) is 9.59 Å². The second kappa shape index (κ2) is 7.14. The Labute approximate surface area is 149 Å². The molecule has 0 fully saturated rings. The van der Waals surface area contributed by atoms with Crippen LogP contribution in [0.2, 0.25) is 0 Å². The fourth-order valence-electron chi connectivity index (χ4n) is 2.77. The maximum atomic E-state index is 12.6. The zero-order chi connectivity index (χ0) is 18.0. The number of esters is 1. The molecular formula is C18H19N3O3S. The number of pyridine rings is 1. The maximum Gasteiger partial charge on any atom is 0.340 e. The summed E-state index contributed by atoms with van der Waals surface area (Å²) in [4.78, 5) is 32.0. The zero-order valence-electron chi connectivity index (χ0n) is 14.3. The number of H-pyrrole nitrogens is 1. The van der Waals surface area contributed by atoms with E-state index in [4.69, 9.17) is 4.74 Å². The molecule has 6 nitrogen and oxygen atoms in total. The van der Waals surface area contributed by atoms with Crippen LogP contribution < -0.4 is 0 Å². The lowest BCUT2D eigenvalue weighted by atomic mass is 10.1. The molecule has 25 heavy (non-hydrogen) atoms. The van der Waals surface area contributed by atoms with E-state index in [0.29, 0.717) is 29.1 Å². The Morgan fingerprint density at radius 2 is 2.12 bits per heavy atom. The number of ketones is 1. The summed E-state index contributed by atoms with van der Waals surface area (Å²) < 4.78 is 7.00. The minimum absolute atomic E-state index is 0.0752. The molecule has 3 rings (SSSR count). The van der Waals surface area contributed by atoms with Crippen molar-refractivity contribution < 1.29 is 14.3 Å². The van der Waals surface area contributed by atoms with Gasteiger partial charge >= 0.3 is 5.97 Å². The van der Waals surface area contributed by atoms with Crippen molar-refractivity contribution in [2.24, 2.45) is 0 Å². The minimum atomic E-state index is -0.403. The molecule has 3 aromatic heterocycles. The molecule has 0 amide bonds. The van der Waals surface area contributed by atoms with Crippen LogP contribution in [0.3, 0.4) is 0 Å². The van der Waals surface area contributed by atoms with Crippen molar-refractivity contribution in [2.75, 3.05) is 12.4 Å². The summed E-state index contributed by atoms with van der Waals surface area (Å²) in [6.07, 6.45) is 3.69. The molecule has 7 heteroatoms. The van der Waals surface area contributed by atoms with Crippen molar-refractivity contribution in [1.29, 1.82) is 0 Å². The van der Waals surface area contributed by atoms with Gasteiger partial charge < -0.3 is 9.72 Å². The summed E-state index contributed by atoms with van der Waals surface area (Å²) in [6.45, 7) is 5.59. The molecule has 3 heterocycles. The molecule has 0 aliphatic carbocycles. The molecule has 0 aromatic carbocycles. The van der Waals surface area contributed by atoms with E-state index in [0.717, 1.165) is 10.7 Å². The van der Waals surface area contributed by atoms with Gasteiger partial charge in [0, 0.05) is 11.9 Å². The van der Waals surface area contributed by atoms with Crippen molar-refractivity contribution in [2.45, 2.75) is 25.9 Å². The zero-order valence-corrected chi connectivity index (χ0v) is 15.1. The molecule has 0 unspecified atom stereocenters. The molecule has 0 bridgehead atoms. The van der Waals surface area contributed by atoms with Crippen LogP contribution in [-0.4, -0.2) is 38.5 Å². The number of aromatic amines is 1. The van der Waals surface area contributed by atoms with Gasteiger partial charge in [-0.2, -0.15) is 0 Å². The van der Waals surface area contributed by atoms with Gasteiger partial charge in [-0.15, -0.1) is 0 Å². The number of fused-ring (bicyclic) bond motifs is 1. The van der Waals surface area contributed by atoms with Gasteiger partial charge in [-0.1, -0.05) is 17.8 Å². The van der Waals surface area contributed by atoms with E-state index < -0.39 is 5.97 Å². The Balaban J connectivity index is 1.78. The summed E-state index contributed by atoms with van der Waals surface area (Å²) in [5, 5.41) is 0.760. The molecule has 0 atom stereocenters. The molecule has 0 saturated carbocycles. The van der Waals surface area contributed by atoms with Gasteiger partial charge in [0.15, 0.2) is 10.9 Å². The summed E-state index contributed by atoms with van der Waals surface area (Å²) in [5.41, 5.74) is 3.16. The van der Waals surface area contributed by atoms with E-state index in [2.05, 4.69) is 9.97 Å². The van der Waals surface area contributed by atoms with Crippen LogP contribution in [0, 0.1) is 13.8 Å². The SMILES string of the molecule is CCOC(=O)c1c(C)[nH]c(C(=O)CSc2ncc3ccccn23)c1C. The highest BCUT2D eigenvalue weighted by atomic mass is 32.2. The Bertz CT molecular complexity index is 942. The van der Waals surface area contributed by atoms with Crippen LogP contribution in [0.15, 0.2) is 35.7 Å². The summed E-state index contributed by atoms with van der Waals surface area (Å²) >= 11 is 1.37. The molecule has 0 spiro atoms. The molecule has 1 N–H and O–H groups in total. The predicted molar refractivity (Wildman–Crippen MR) is 96.5 cm³/mol. The first-order chi connectivity index (χ1) is 12.0. The first kappa shape index (κ1) is 17.3. The Kier molecular flexibility index (Phi) is 4.94. The van der Waals surface area contributed by atoms with Gasteiger partial charge in [-0.05, 0) is 38.5 Å². The molecule has 130 valence electrons. The smallest absolute Gasteiger partial charge is 0.340 e. The number of nitrogens with zero attached hydrogens (tertiary/aromatic N) is 2. The third-order valence-electron chi connectivity index (χ3n) is 3.93. The van der Waals surface area contributed by atoms with Gasteiger partial charge in [0.05, 0.1) is 35.3 Å². The Morgan fingerprint density at radius 3 is 2.88 bits per heavy atom. The Morgan fingerprint density at radius 1 is 1.32 bits per heavy atom. The first-order valence-corrected chi connectivity index (χ1v) is 8.95. The number of thioether (sulfide) groups is 1. The molecule has 0 radical (unpaired) electrons. The van der Waals surface area contributed by atoms with Crippen molar-refractivity contribution in [3.8, 4) is 0 Å². The lowest BCUT2D eigenvalue weighted by Crippen LogP contribution is -2.08. The maximum absolute atomic E-state index is 12.6. The number of hydrogen-bond donors (Lipinski definition) is 1. The number of nitrogens with one attached hydrogen (secondary N) is 1. The quantitative estimate of drug-likeness (QED) is 0.415. The van der Waals surface area contributed by atoms with E-state index in [-0.39, 0.29) is 11.5 Å². The lowest BCUT2D eigenvalue weighted by Gasteiger charge is -2.03. The topological polar surface area (TPSA) is 76.5 Å². The van der Waals surface area contributed by atoms with Gasteiger partial charge in [-0.25, -0.2) is 9.78 Å². The number of hydrogen-bond acceptors (Lipinski definition) is 5. The van der Waals surface area contributed by atoms with Gasteiger partial charge in [0.1, 0.15) is 0 Å². The molecule has 0 saturated heterocycles. The van der Waals surface area contributed by atoms with Crippen LogP contribution in [0.5, 0.6) is 0 Å². The first-order valence-electron chi connectivity index (χ1n) is 7.97. The highest BCUT2D eigenvalue weighted by Gasteiger charge is 2.23. The monoisotopic (exact) mass is 357 g/mol. The fourth-order valence-corrected chi connectivity index (χ4v) is 3.60. The van der Waals surface area contributed by atoms with Crippen LogP contribution in [0.25, 0.3) is 5.52 Å². The molecule has 3 aromatic rings. The van der Waals surface area contributed by atoms with Crippen LogP contribution in [-0.2, 0) is 4.74 Å². The van der Waals surface area contributed by atoms with Gasteiger partial charge in [0.2, 0.25) is 0 Å². The number of carbonyl (C=O) groups excluding carboxylic acids is 2. The Hall–Kier alpha value is -2.54. The number of Topliss-reactive ketones (excluding diaryl/α,β-unsaturated/α-hetero) is 1. The predicted octanol–water partition coefficient (Wildman–Crippen LogP) is 3.43. The highest BCUT2D eigenvalue weighted by molar-refractivity contribution is 7.99. The lowest BCUT2D eigenvalue weighted by molar-refractivity contribution is 0.0525. The number of aryl methyl sites for hydroxylation is 1. The van der Waals surface area contributed by atoms with E-state index >= 15 is 0 Å². The van der Waals surface area contributed by atoms with Crippen molar-refractivity contribution in [3.63, 3.8) is 0 Å². The number of imidazole rings is 1. The van der Waals surface area contributed by atoms with Gasteiger partial charge in [-0.3, -0.25) is 9.20 Å². The van der Waals surface area contributed by atoms with Crippen molar-refractivity contribution in [3.05, 3.63) is 53.1 Å². The normalized spacial score (nSPS) is 11.0. The average Bonchev–Trinajstić information content (AvgIpc) is 3.13. The largest absolute Gasteiger partial charge is 0.462 e. The summed E-state index contributed by atoms with van der Waals surface area (Å²) in [5.74, 6) is -0.245. The van der Waals surface area contributed by atoms with Crippen LogP contribution in [0.4, 0.5) is 0 Å². The second-order valence-electron chi connectivity index (χ2n) is 5.59. The van der Waals surface area contributed by atoms with Crippen molar-refractivity contribution >= 4 is 29.0 Å². The molecule has 0 aliphatic heterocycles. The summed E-state index contributed by atoms with van der Waals surface area (Å²) in [6, 6.07) is 5.83. The fraction of sp³-hybridized carbons (Fsp3) is 0.278. The number of aromatic nitrogens is 3. The molecular weight excluding hydrogens is 338 g/mol. The second-order valence-corrected chi connectivity index (χ2v) is 6.54. The van der Waals surface area contributed by atoms with Crippen LogP contribution >= 0.6 is 11.8 Å². The highest BCUT2D eigenvalue weighted by Crippen LogP contribution is 2.23. The van der Waals surface area contributed by atoms with E-state index in [1.54, 1.807) is 27.0 Å². The third-order valence-corrected chi connectivity index (χ3v) is 4.90. The van der Waals surface area contributed by atoms with E-state index in [1.165, 1.54) is 11.8 Å². The van der Waals surface area contributed by atoms with Crippen molar-refractivity contribution in [1.82, 2.24) is 14.4 Å². The number of ether oxygens (including phenoxy) is 1. The average molecular weight is 357 g/mol. The minimum Gasteiger partial charge on any atom is -0.462 e.